The number of nitrogens with two attached hydrogens (primary N) is 1. The van der Waals surface area contributed by atoms with E-state index in [1.54, 1.807) is 0 Å². The first-order chi connectivity index (χ1) is 22.6. The second-order valence-electron chi connectivity index (χ2n) is 12.6. The number of nitrogens with zero attached hydrogens (tertiary/aromatic N) is 2. The number of H-pyrrole nitrogens is 3. The normalized spacial score (nSPS) is 14.1. The fourth-order valence-corrected chi connectivity index (χ4v) is 7.17. The molecule has 228 valence electrons. The number of nitrogens with one attached hydrogen (secondary N) is 3. The summed E-state index contributed by atoms with van der Waals surface area (Å²) in [6.45, 7) is 0.860. The van der Waals surface area contributed by atoms with Crippen molar-refractivity contribution >= 4 is 43.6 Å². The molecular formula is C40H38N6. The molecule has 46 heavy (non-hydrogen) atoms. The van der Waals surface area contributed by atoms with E-state index in [2.05, 4.69) is 129 Å². The molecule has 6 heteroatoms. The van der Waals surface area contributed by atoms with Gasteiger partial charge in [-0.2, -0.15) is 0 Å². The molecule has 8 aromatic rings. The molecule has 4 aromatic carbocycles. The van der Waals surface area contributed by atoms with Crippen LogP contribution in [0.4, 0.5) is 0 Å². The van der Waals surface area contributed by atoms with E-state index in [4.69, 9.17) is 5.73 Å². The molecule has 0 aliphatic carbocycles. The van der Waals surface area contributed by atoms with Gasteiger partial charge in [-0.15, -0.1) is 0 Å². The molecule has 3 atom stereocenters. The molecule has 4 heterocycles. The first-order valence-corrected chi connectivity index (χ1v) is 16.1. The highest BCUT2D eigenvalue weighted by Crippen LogP contribution is 2.36. The van der Waals surface area contributed by atoms with Crippen LogP contribution in [0.3, 0.4) is 0 Å². The Morgan fingerprint density at radius 3 is 2.04 bits per heavy atom. The van der Waals surface area contributed by atoms with Gasteiger partial charge in [0.1, 0.15) is 0 Å². The van der Waals surface area contributed by atoms with Crippen LogP contribution in [0.15, 0.2) is 128 Å². The topological polar surface area (TPSA) is 89.5 Å². The van der Waals surface area contributed by atoms with Gasteiger partial charge >= 0.3 is 0 Å². The minimum Gasteiger partial charge on any atom is -0.361 e. The second kappa shape index (κ2) is 12.0. The summed E-state index contributed by atoms with van der Waals surface area (Å²) in [5.41, 5.74) is 16.8. The van der Waals surface area contributed by atoms with E-state index in [0.29, 0.717) is 0 Å². The fraction of sp³-hybridized carbons (Fsp3) is 0.175. The van der Waals surface area contributed by atoms with Crippen LogP contribution in [0.1, 0.15) is 46.9 Å². The number of hydrogen-bond donors (Lipinski definition) is 4. The molecule has 5 N–H and O–H groups in total. The highest BCUT2D eigenvalue weighted by atomic mass is 15.2. The van der Waals surface area contributed by atoms with Crippen molar-refractivity contribution in [3.8, 4) is 0 Å². The Kier molecular flexibility index (Phi) is 7.37. The Bertz CT molecular complexity index is 2270. The van der Waals surface area contributed by atoms with Gasteiger partial charge in [0.05, 0.1) is 11.7 Å². The van der Waals surface area contributed by atoms with Crippen molar-refractivity contribution in [2.75, 3.05) is 13.6 Å². The van der Waals surface area contributed by atoms with Crippen LogP contribution in [0.2, 0.25) is 0 Å². The van der Waals surface area contributed by atoms with Crippen molar-refractivity contribution in [1.29, 1.82) is 0 Å². The van der Waals surface area contributed by atoms with E-state index < -0.39 is 0 Å². The van der Waals surface area contributed by atoms with Crippen molar-refractivity contribution in [2.24, 2.45) is 5.73 Å². The molecule has 0 amide bonds. The maximum Gasteiger partial charge on any atom is 0.0702 e. The van der Waals surface area contributed by atoms with Crippen LogP contribution in [0, 0.1) is 0 Å². The smallest absolute Gasteiger partial charge is 0.0702 e. The Labute approximate surface area is 268 Å². The molecule has 0 bridgehead atoms. The first kappa shape index (κ1) is 28.3. The highest BCUT2D eigenvalue weighted by Gasteiger charge is 2.24. The van der Waals surface area contributed by atoms with E-state index >= 15 is 0 Å². The quantitative estimate of drug-likeness (QED) is 0.118. The Hall–Kier alpha value is -5.17. The van der Waals surface area contributed by atoms with Crippen molar-refractivity contribution in [3.63, 3.8) is 0 Å². The summed E-state index contributed by atoms with van der Waals surface area (Å²) in [6.07, 6.45) is 9.51. The van der Waals surface area contributed by atoms with Crippen LogP contribution in [-0.4, -0.2) is 44.6 Å². The maximum atomic E-state index is 7.09. The lowest BCUT2D eigenvalue weighted by molar-refractivity contribution is 0.224. The van der Waals surface area contributed by atoms with Gasteiger partial charge < -0.3 is 20.7 Å². The lowest BCUT2D eigenvalue weighted by atomic mass is 9.85. The minimum atomic E-state index is -0.134. The number of para-hydroxylation sites is 1. The third-order valence-corrected chi connectivity index (χ3v) is 9.80. The number of hydrogen-bond acceptors (Lipinski definition) is 3. The van der Waals surface area contributed by atoms with Crippen LogP contribution < -0.4 is 5.73 Å². The molecule has 0 saturated heterocycles. The van der Waals surface area contributed by atoms with Crippen LogP contribution in [0.5, 0.6) is 0 Å². The Morgan fingerprint density at radius 2 is 1.28 bits per heavy atom. The van der Waals surface area contributed by atoms with Gasteiger partial charge in [-0.3, -0.25) is 9.88 Å². The van der Waals surface area contributed by atoms with Gasteiger partial charge in [-0.25, -0.2) is 0 Å². The molecule has 0 aliphatic heterocycles. The summed E-state index contributed by atoms with van der Waals surface area (Å²) >= 11 is 0. The number of pyridine rings is 1. The van der Waals surface area contributed by atoms with Crippen LogP contribution in [0.25, 0.3) is 43.6 Å². The zero-order valence-electron chi connectivity index (χ0n) is 25.9. The maximum absolute atomic E-state index is 7.09. The SMILES string of the molecule is CN(CCC(c1ccc2[nH]ccc2c1)c1cccc2cc[nH]c12)C(N)CC(c1ccc2ncccc2c1)c1ccc2[nH]ccc2c1. The predicted octanol–water partition coefficient (Wildman–Crippen LogP) is 8.64. The van der Waals surface area contributed by atoms with Crippen molar-refractivity contribution in [1.82, 2.24) is 24.8 Å². The molecule has 0 spiro atoms. The van der Waals surface area contributed by atoms with Gasteiger partial charge in [-0.1, -0.05) is 42.5 Å². The second-order valence-corrected chi connectivity index (χ2v) is 12.6. The lowest BCUT2D eigenvalue weighted by Gasteiger charge is -2.30. The van der Waals surface area contributed by atoms with Gasteiger partial charge in [0.25, 0.3) is 0 Å². The summed E-state index contributed by atoms with van der Waals surface area (Å²) < 4.78 is 0. The summed E-state index contributed by atoms with van der Waals surface area (Å²) in [7, 11) is 2.17. The number of aromatic amines is 3. The monoisotopic (exact) mass is 602 g/mol. The molecular weight excluding hydrogens is 564 g/mol. The molecule has 0 fully saturated rings. The third kappa shape index (κ3) is 5.36. The minimum absolute atomic E-state index is 0.134. The lowest BCUT2D eigenvalue weighted by Crippen LogP contribution is -2.41. The van der Waals surface area contributed by atoms with Gasteiger partial charge in [0.15, 0.2) is 0 Å². The average molecular weight is 603 g/mol. The van der Waals surface area contributed by atoms with Crippen molar-refractivity contribution < 1.29 is 0 Å². The van der Waals surface area contributed by atoms with Crippen molar-refractivity contribution in [3.05, 3.63) is 150 Å². The number of fused-ring (bicyclic) bond motifs is 4. The summed E-state index contributed by atoms with van der Waals surface area (Å²) in [4.78, 5) is 17.1. The largest absolute Gasteiger partial charge is 0.361 e. The summed E-state index contributed by atoms with van der Waals surface area (Å²) in [5.74, 6) is 0.358. The fourth-order valence-electron chi connectivity index (χ4n) is 7.17. The first-order valence-electron chi connectivity index (χ1n) is 16.1. The van der Waals surface area contributed by atoms with Crippen molar-refractivity contribution in [2.45, 2.75) is 30.8 Å². The van der Waals surface area contributed by atoms with E-state index in [1.165, 1.54) is 43.9 Å². The van der Waals surface area contributed by atoms with E-state index in [1.807, 2.05) is 30.9 Å². The van der Waals surface area contributed by atoms with E-state index in [-0.39, 0.29) is 18.0 Å². The number of aromatic nitrogens is 4. The van der Waals surface area contributed by atoms with Gasteiger partial charge in [0.2, 0.25) is 0 Å². The Balaban J connectivity index is 1.09. The molecule has 0 radical (unpaired) electrons. The van der Waals surface area contributed by atoms with Crippen LogP contribution >= 0.6 is 0 Å². The zero-order valence-corrected chi connectivity index (χ0v) is 25.9. The predicted molar refractivity (Wildman–Crippen MR) is 190 cm³/mol. The standard InChI is InChI=1S/C40H38N6/c1-46(21-16-33(27-7-10-37-31(22-27)14-18-43-37)34-6-2-4-26-13-20-45-40(26)34)39(41)25-35(29-9-12-38-32(24-29)15-19-44-38)28-8-11-36-30(23-28)5-3-17-42-36/h2-15,17-20,22-24,33,35,39,43-45H,16,21,25,41H2,1H3. The Morgan fingerprint density at radius 1 is 0.652 bits per heavy atom. The third-order valence-electron chi connectivity index (χ3n) is 9.80. The zero-order chi connectivity index (χ0) is 31.0. The van der Waals surface area contributed by atoms with Gasteiger partial charge in [0, 0.05) is 65.1 Å². The molecule has 3 unspecified atom stereocenters. The number of benzene rings is 4. The average Bonchev–Trinajstić information content (AvgIpc) is 3.87. The molecule has 8 rings (SSSR count). The molecule has 0 aliphatic rings. The van der Waals surface area contributed by atoms with Gasteiger partial charge in [-0.05, 0) is 119 Å². The van der Waals surface area contributed by atoms with E-state index in [9.17, 15) is 0 Å². The summed E-state index contributed by atoms with van der Waals surface area (Å²) in [5, 5.41) is 4.84. The number of rotatable bonds is 10. The molecule has 6 nitrogen and oxygen atoms in total. The highest BCUT2D eigenvalue weighted by molar-refractivity contribution is 5.85. The van der Waals surface area contributed by atoms with E-state index in [0.717, 1.165) is 41.3 Å². The summed E-state index contributed by atoms with van der Waals surface area (Å²) in [6, 6.07) is 37.4. The molecule has 4 aromatic heterocycles. The molecule has 0 saturated carbocycles. The van der Waals surface area contributed by atoms with Crippen LogP contribution in [-0.2, 0) is 0 Å².